The number of hydrogen-bond donors (Lipinski definition) is 6. The van der Waals surface area contributed by atoms with Crippen molar-refractivity contribution < 1.29 is 49.8 Å². The lowest BCUT2D eigenvalue weighted by Gasteiger charge is -2.20. The van der Waals surface area contributed by atoms with E-state index in [1.165, 1.54) is 0 Å². The van der Waals surface area contributed by atoms with Crippen LogP contribution in [0.5, 0.6) is 0 Å². The first-order valence-corrected chi connectivity index (χ1v) is 6.29. The van der Waals surface area contributed by atoms with Gasteiger partial charge in [0.15, 0.2) is 0 Å². The molecule has 0 aromatic heterocycles. The summed E-state index contributed by atoms with van der Waals surface area (Å²) in [5.41, 5.74) is -4.73. The Labute approximate surface area is 173 Å². The Morgan fingerprint density at radius 3 is 0.833 bits per heavy atom. The largest absolute Gasteiger partial charge is 0.855 e. The van der Waals surface area contributed by atoms with E-state index in [1.54, 1.807) is 13.8 Å². The Hall–Kier alpha value is -3.22. The van der Waals surface area contributed by atoms with Gasteiger partial charge < -0.3 is 86.7 Å². The van der Waals surface area contributed by atoms with E-state index in [1.807, 2.05) is 0 Å². The predicted octanol–water partition coefficient (Wildman–Crippen LogP) is -3.87. The summed E-state index contributed by atoms with van der Waals surface area (Å²) in [4.78, 5) is 42.6. The van der Waals surface area contributed by atoms with E-state index in [9.17, 15) is 39.6 Å². The van der Waals surface area contributed by atoms with E-state index >= 15 is 0 Å². The Morgan fingerprint density at radius 2 is 0.733 bits per heavy atom. The maximum atomic E-state index is 10.7. The number of aromatic carboxylic acids is 4. The van der Waals surface area contributed by atoms with E-state index in [-0.39, 0.29) is 50.1 Å². The Morgan fingerprint density at radius 1 is 0.567 bits per heavy atom. The van der Waals surface area contributed by atoms with Crippen LogP contribution in [0.3, 0.4) is 0 Å². The van der Waals surface area contributed by atoms with Gasteiger partial charge in [-0.2, -0.15) is 0 Å². The standard InChI is InChI=1S/C10H6O8.2C2H5O.6H3N/c11-7(12)3-1-2-4(8(13)14)6(10(17)18)5(3)9(15)16;2*1-2-3;;;;;;/h1-2H,(H,11,12)(H,13,14)(H,15,16)(H,17,18);2*2H2,1H3;6*1H3/q;2*-1;;;;;;/p+2. The number of rotatable bonds is 4. The first kappa shape index (κ1) is 50.5. The van der Waals surface area contributed by atoms with Crippen LogP contribution in [0.2, 0.25) is 0 Å². The average molecular weight is 448 g/mol. The summed E-state index contributed by atoms with van der Waals surface area (Å²) in [6, 6.07) is 1.14. The van der Waals surface area contributed by atoms with Gasteiger partial charge in [0, 0.05) is 22.3 Å². The minimum atomic E-state index is -2.18. The summed E-state index contributed by atoms with van der Waals surface area (Å²) in [7, 11) is 0. The first-order chi connectivity index (χ1) is 11.1. The second-order valence-corrected chi connectivity index (χ2v) is 3.64. The maximum Gasteiger partial charge on any atom is 0.0728 e. The fourth-order valence-electron chi connectivity index (χ4n) is 1.37. The monoisotopic (exact) mass is 448 g/mol. The first-order valence-electron chi connectivity index (χ1n) is 6.29. The second kappa shape index (κ2) is 25.8. The van der Waals surface area contributed by atoms with Crippen molar-refractivity contribution in [1.82, 2.24) is 36.9 Å². The van der Waals surface area contributed by atoms with Crippen LogP contribution in [0.25, 0.3) is 0 Å². The summed E-state index contributed by atoms with van der Waals surface area (Å²) in [6.07, 6.45) is 0. The van der Waals surface area contributed by atoms with E-state index in [4.69, 9.17) is 10.2 Å². The molecule has 0 unspecified atom stereocenters. The van der Waals surface area contributed by atoms with Crippen molar-refractivity contribution in [2.75, 3.05) is 13.2 Å². The van der Waals surface area contributed by atoms with Crippen molar-refractivity contribution in [2.45, 2.75) is 13.8 Å². The van der Waals surface area contributed by atoms with Gasteiger partial charge in [0.1, 0.15) is 0 Å². The lowest BCUT2D eigenvalue weighted by molar-refractivity contribution is -0.362. The molecule has 16 heteroatoms. The molecule has 0 amide bonds. The molecular weight excluding hydrogens is 412 g/mol. The molecule has 0 fully saturated rings. The maximum absolute atomic E-state index is 10.7. The van der Waals surface area contributed by atoms with Gasteiger partial charge in [0.25, 0.3) is 0 Å². The normalized spacial score (nSPS) is 7.07. The summed E-state index contributed by atoms with van der Waals surface area (Å²) in [5.74, 6) is -8.36. The number of hydrogen-bond acceptors (Lipinski definition) is 10. The second-order valence-electron chi connectivity index (χ2n) is 3.64. The minimum Gasteiger partial charge on any atom is -0.855 e. The Kier molecular flexibility index (Phi) is 43.4. The van der Waals surface area contributed by atoms with Crippen LogP contribution in [-0.2, 0) is 0 Å². The highest BCUT2D eigenvalue weighted by Gasteiger charge is 2.16. The molecule has 0 spiro atoms. The minimum absolute atomic E-state index is 0. The molecule has 1 aromatic rings. The van der Waals surface area contributed by atoms with Crippen LogP contribution < -0.4 is 67.5 Å². The molecule has 1 rings (SSSR count). The van der Waals surface area contributed by atoms with Gasteiger partial charge in [-0.1, -0.05) is 26.0 Å². The smallest absolute Gasteiger partial charge is 0.0728 e. The zero-order chi connectivity index (χ0) is 19.4. The number of carbonyl (C=O) groups is 4. The molecule has 1 aromatic carbocycles. The van der Waals surface area contributed by atoms with E-state index in [0.717, 1.165) is 0 Å². The zero-order valence-corrected chi connectivity index (χ0v) is 18.7. The molecule has 0 atom stereocenters. The zero-order valence-electron chi connectivity index (χ0n) is 18.7. The van der Waals surface area contributed by atoms with Gasteiger partial charge in [0.05, 0.1) is 23.9 Å². The van der Waals surface area contributed by atoms with Crippen LogP contribution in [0, 0.1) is 0 Å². The molecule has 182 valence electrons. The Bertz CT molecular complexity index is 574. The van der Waals surface area contributed by atoms with Crippen LogP contribution >= 0.6 is 0 Å². The highest BCUT2D eigenvalue weighted by molar-refractivity contribution is 6.12. The van der Waals surface area contributed by atoms with Crippen LogP contribution in [-0.4, -0.2) is 37.1 Å². The van der Waals surface area contributed by atoms with Crippen molar-refractivity contribution in [3.05, 3.63) is 34.4 Å². The molecule has 0 bridgehead atoms. The molecule has 30 heavy (non-hydrogen) atoms. The third-order valence-corrected chi connectivity index (χ3v) is 2.05. The fourth-order valence-corrected chi connectivity index (χ4v) is 1.37. The van der Waals surface area contributed by atoms with Crippen molar-refractivity contribution in [1.29, 1.82) is 0 Å². The van der Waals surface area contributed by atoms with Crippen molar-refractivity contribution >= 4 is 23.9 Å². The predicted molar refractivity (Wildman–Crippen MR) is 101 cm³/mol. The molecule has 0 heterocycles. The number of quaternary nitrogens is 6. The lowest BCUT2D eigenvalue weighted by Crippen LogP contribution is -2.37. The topological polar surface area (TPSA) is 426 Å². The van der Waals surface area contributed by atoms with Crippen LogP contribution in [0.15, 0.2) is 12.1 Å². The molecule has 24 N–H and O–H groups in total. The average Bonchev–Trinajstić information content (AvgIpc) is 2.46. The highest BCUT2D eigenvalue weighted by atomic mass is 16.4. The SMILES string of the molecule is CC[O-].CC[O-].O=C([O-])c1ccc(C(=O)[O-])c(C(=O)[O-])c1C(=O)[O-].[NH4+].[NH4+].[NH4+].[NH4+].[NH4+].[NH4+]. The van der Waals surface area contributed by atoms with Gasteiger partial charge in [0.2, 0.25) is 0 Å². The molecular formula is C14H36N6O10. The lowest BCUT2D eigenvalue weighted by atomic mass is 9.95. The number of carboxylic acids is 4. The molecule has 0 aliphatic heterocycles. The number of benzene rings is 1. The van der Waals surface area contributed by atoms with Crippen LogP contribution in [0.1, 0.15) is 55.3 Å². The van der Waals surface area contributed by atoms with Gasteiger partial charge >= 0.3 is 0 Å². The van der Waals surface area contributed by atoms with Crippen molar-refractivity contribution in [3.63, 3.8) is 0 Å². The van der Waals surface area contributed by atoms with Crippen molar-refractivity contribution in [2.24, 2.45) is 0 Å². The van der Waals surface area contributed by atoms with E-state index < -0.39 is 46.1 Å². The van der Waals surface area contributed by atoms with Crippen molar-refractivity contribution in [3.8, 4) is 0 Å². The van der Waals surface area contributed by atoms with Gasteiger partial charge in [-0.15, -0.1) is 13.2 Å². The molecule has 0 saturated heterocycles. The molecule has 0 aliphatic rings. The quantitative estimate of drug-likeness (QED) is 0.260. The fraction of sp³-hybridized carbons (Fsp3) is 0.286. The third-order valence-electron chi connectivity index (χ3n) is 2.05. The summed E-state index contributed by atoms with van der Waals surface area (Å²) >= 11 is 0. The number of carbonyl (C=O) groups excluding carboxylic acids is 4. The van der Waals surface area contributed by atoms with Gasteiger partial charge in [-0.25, -0.2) is 0 Å². The molecule has 0 aliphatic carbocycles. The van der Waals surface area contributed by atoms with Crippen LogP contribution in [0.4, 0.5) is 0 Å². The summed E-state index contributed by atoms with van der Waals surface area (Å²) in [5, 5.41) is 60.5. The number of carboxylic acid groups (broad SMARTS) is 4. The third kappa shape index (κ3) is 15.8. The van der Waals surface area contributed by atoms with Gasteiger partial charge in [-0.3, -0.25) is 0 Å². The highest BCUT2D eigenvalue weighted by Crippen LogP contribution is 2.18. The van der Waals surface area contributed by atoms with E-state index in [2.05, 4.69) is 0 Å². The van der Waals surface area contributed by atoms with Gasteiger partial charge in [-0.05, 0) is 0 Å². The Balaban J connectivity index is -0.0000000604. The molecule has 0 radical (unpaired) electrons. The molecule has 16 nitrogen and oxygen atoms in total. The molecule has 0 saturated carbocycles. The summed E-state index contributed by atoms with van der Waals surface area (Å²) in [6.45, 7) is 3.14. The van der Waals surface area contributed by atoms with E-state index in [0.29, 0.717) is 12.1 Å². The summed E-state index contributed by atoms with van der Waals surface area (Å²) < 4.78 is 0.